The molecule has 1 unspecified atom stereocenters. The van der Waals surface area contributed by atoms with Gasteiger partial charge in [0.25, 0.3) is 5.91 Å². The van der Waals surface area contributed by atoms with Crippen LogP contribution in [0.5, 0.6) is 5.75 Å². The highest BCUT2D eigenvalue weighted by molar-refractivity contribution is 7.91. The zero-order valence-electron chi connectivity index (χ0n) is 18.0. The van der Waals surface area contributed by atoms with Gasteiger partial charge in [0.1, 0.15) is 10.3 Å². The summed E-state index contributed by atoms with van der Waals surface area (Å²) in [5.41, 5.74) is 3.02. The molecule has 0 aliphatic rings. The number of sulfonamides is 1. The maximum Gasteiger partial charge on any atom is 0.268 e. The number of amides is 1. The summed E-state index contributed by atoms with van der Waals surface area (Å²) in [7, 11) is -3.83. The first-order chi connectivity index (χ1) is 16.8. The van der Waals surface area contributed by atoms with Crippen molar-refractivity contribution in [1.82, 2.24) is 25.2 Å². The number of phenols is 1. The van der Waals surface area contributed by atoms with Crippen LogP contribution in [-0.4, -0.2) is 39.6 Å². The molecule has 1 atom stereocenters. The van der Waals surface area contributed by atoms with E-state index in [0.29, 0.717) is 5.56 Å². The number of nitrogens with zero attached hydrogens (tertiary/aromatic N) is 3. The van der Waals surface area contributed by atoms with Gasteiger partial charge in [0.15, 0.2) is 11.6 Å². The number of nitrogens with one attached hydrogen (secondary N) is 2. The molecule has 0 fully saturated rings. The number of hydrogen-bond acceptors (Lipinski definition) is 8. The van der Waals surface area contributed by atoms with Gasteiger partial charge in [0, 0.05) is 11.3 Å². The van der Waals surface area contributed by atoms with Gasteiger partial charge in [-0.25, -0.2) is 27.7 Å². The van der Waals surface area contributed by atoms with E-state index >= 15 is 0 Å². The lowest BCUT2D eigenvalue weighted by Gasteiger charge is -2.15. The van der Waals surface area contributed by atoms with Gasteiger partial charge in [-0.1, -0.05) is 41.6 Å². The van der Waals surface area contributed by atoms with Crippen LogP contribution in [0.1, 0.15) is 17.3 Å². The standard InChI is InChI=1S/C22H20FN5O5S2/c23-17-10-14(6-7-19(17)29)11-18(22(30)26-31)28-13-16(25-27-28)12-24-35(32,33)21-9-8-20(34-21)15-4-2-1-3-5-15/h1-10,13,18,24,29,31H,11-12H2,(H,26,30). The lowest BCUT2D eigenvalue weighted by Crippen LogP contribution is -2.32. The number of hydroxylamine groups is 1. The number of aromatic hydroxyl groups is 1. The molecule has 2 aromatic heterocycles. The highest BCUT2D eigenvalue weighted by atomic mass is 32.2. The molecular formula is C22H20FN5O5S2. The van der Waals surface area contributed by atoms with Crippen molar-refractivity contribution in [3.8, 4) is 16.2 Å². The van der Waals surface area contributed by atoms with E-state index in [1.807, 2.05) is 30.3 Å². The fourth-order valence-electron chi connectivity index (χ4n) is 3.29. The lowest BCUT2D eigenvalue weighted by molar-refractivity contribution is -0.133. The first-order valence-electron chi connectivity index (χ1n) is 10.2. The summed E-state index contributed by atoms with van der Waals surface area (Å²) in [5, 5.41) is 26.2. The van der Waals surface area contributed by atoms with Crippen LogP contribution in [0.2, 0.25) is 0 Å². The Bertz CT molecular complexity index is 1440. The van der Waals surface area contributed by atoms with Crippen LogP contribution in [0.25, 0.3) is 10.4 Å². The normalized spacial score (nSPS) is 12.4. The van der Waals surface area contributed by atoms with Crippen LogP contribution in [0.3, 0.4) is 0 Å². The van der Waals surface area contributed by atoms with Crippen LogP contribution in [-0.2, 0) is 27.8 Å². The van der Waals surface area contributed by atoms with E-state index in [1.54, 1.807) is 6.07 Å². The van der Waals surface area contributed by atoms with Crippen LogP contribution < -0.4 is 10.2 Å². The molecule has 0 bridgehead atoms. The van der Waals surface area contributed by atoms with Crippen LogP contribution in [0.4, 0.5) is 4.39 Å². The van der Waals surface area contributed by atoms with Crippen molar-refractivity contribution >= 4 is 27.3 Å². The molecule has 0 aliphatic carbocycles. The third-order valence-corrected chi connectivity index (χ3v) is 8.11. The van der Waals surface area contributed by atoms with Crippen molar-refractivity contribution in [2.24, 2.45) is 0 Å². The summed E-state index contributed by atoms with van der Waals surface area (Å²) >= 11 is 1.13. The topological polar surface area (TPSA) is 146 Å². The van der Waals surface area contributed by atoms with Gasteiger partial charge in [-0.15, -0.1) is 16.4 Å². The molecule has 10 nitrogen and oxygen atoms in total. The van der Waals surface area contributed by atoms with Gasteiger partial charge in [0.2, 0.25) is 10.0 Å². The molecule has 4 aromatic rings. The quantitative estimate of drug-likeness (QED) is 0.197. The SMILES string of the molecule is O=C(NO)C(Cc1ccc(O)c(F)c1)n1cc(CNS(=O)(=O)c2ccc(-c3ccccc3)s2)nn1. The second-order valence-electron chi connectivity index (χ2n) is 7.48. The number of hydrogen-bond donors (Lipinski definition) is 4. The van der Waals surface area contributed by atoms with Gasteiger partial charge in [-0.2, -0.15) is 0 Å². The molecule has 0 spiro atoms. The largest absolute Gasteiger partial charge is 0.505 e. The number of halogens is 1. The Hall–Kier alpha value is -3.65. The second kappa shape index (κ2) is 10.3. The molecule has 13 heteroatoms. The summed E-state index contributed by atoms with van der Waals surface area (Å²) in [4.78, 5) is 13.0. The zero-order chi connectivity index (χ0) is 25.0. The van der Waals surface area contributed by atoms with E-state index < -0.39 is 33.5 Å². The molecule has 0 saturated heterocycles. The number of carbonyl (C=O) groups excluding carboxylic acids is 1. The average Bonchev–Trinajstić information content (AvgIpc) is 3.54. The minimum absolute atomic E-state index is 0.0738. The predicted molar refractivity (Wildman–Crippen MR) is 125 cm³/mol. The number of phenolic OH excluding ortho intramolecular Hbond substituents is 1. The maximum absolute atomic E-state index is 13.7. The van der Waals surface area contributed by atoms with E-state index in [1.165, 1.54) is 23.8 Å². The van der Waals surface area contributed by atoms with E-state index in [9.17, 15) is 22.7 Å². The molecule has 2 heterocycles. The third kappa shape index (κ3) is 5.71. The molecule has 1 amide bonds. The zero-order valence-corrected chi connectivity index (χ0v) is 19.6. The monoisotopic (exact) mass is 517 g/mol. The van der Waals surface area contributed by atoms with Crippen molar-refractivity contribution in [1.29, 1.82) is 0 Å². The highest BCUT2D eigenvalue weighted by Crippen LogP contribution is 2.30. The van der Waals surface area contributed by atoms with E-state index in [4.69, 9.17) is 5.21 Å². The third-order valence-electron chi connectivity index (χ3n) is 5.08. The second-order valence-corrected chi connectivity index (χ2v) is 10.6. The molecule has 2 aromatic carbocycles. The van der Waals surface area contributed by atoms with Crippen molar-refractivity contribution in [3.63, 3.8) is 0 Å². The Balaban J connectivity index is 1.46. The number of thiophene rings is 1. The van der Waals surface area contributed by atoms with Crippen LogP contribution in [0.15, 0.2) is 71.1 Å². The average molecular weight is 518 g/mol. The van der Waals surface area contributed by atoms with Gasteiger partial charge < -0.3 is 5.11 Å². The Labute approximate surface area is 203 Å². The van der Waals surface area contributed by atoms with E-state index in [2.05, 4.69) is 15.0 Å². The van der Waals surface area contributed by atoms with E-state index in [-0.39, 0.29) is 22.9 Å². The van der Waals surface area contributed by atoms with Crippen LogP contribution in [0, 0.1) is 5.82 Å². The maximum atomic E-state index is 13.7. The molecule has 4 N–H and O–H groups in total. The Kier molecular flexibility index (Phi) is 7.21. The highest BCUT2D eigenvalue weighted by Gasteiger charge is 2.24. The lowest BCUT2D eigenvalue weighted by atomic mass is 10.1. The number of rotatable bonds is 9. The summed E-state index contributed by atoms with van der Waals surface area (Å²) < 4.78 is 42.9. The molecule has 35 heavy (non-hydrogen) atoms. The molecule has 0 aliphatic heterocycles. The number of aromatic nitrogens is 3. The minimum atomic E-state index is -3.83. The number of carbonyl (C=O) groups is 1. The van der Waals surface area contributed by atoms with Crippen LogP contribution >= 0.6 is 11.3 Å². The van der Waals surface area contributed by atoms with E-state index in [0.717, 1.165) is 38.6 Å². The first-order valence-corrected chi connectivity index (χ1v) is 12.5. The molecule has 0 saturated carbocycles. The smallest absolute Gasteiger partial charge is 0.268 e. The predicted octanol–water partition coefficient (Wildman–Crippen LogP) is 2.62. The summed E-state index contributed by atoms with van der Waals surface area (Å²) in [6, 6.07) is 15.2. The Morgan fingerprint density at radius 2 is 1.91 bits per heavy atom. The summed E-state index contributed by atoms with van der Waals surface area (Å²) in [6.45, 7) is -0.192. The Morgan fingerprint density at radius 1 is 1.14 bits per heavy atom. The van der Waals surface area contributed by atoms with Crippen molar-refractivity contribution in [2.75, 3.05) is 0 Å². The summed E-state index contributed by atoms with van der Waals surface area (Å²) in [6.07, 6.45) is 1.28. The van der Waals surface area contributed by atoms with Crippen molar-refractivity contribution in [3.05, 3.63) is 83.9 Å². The van der Waals surface area contributed by atoms with Gasteiger partial charge in [-0.05, 0) is 35.4 Å². The summed E-state index contributed by atoms with van der Waals surface area (Å²) in [5.74, 6) is -2.22. The molecule has 4 rings (SSSR count). The minimum Gasteiger partial charge on any atom is -0.505 e. The molecule has 182 valence electrons. The van der Waals surface area contributed by atoms with Gasteiger partial charge in [-0.3, -0.25) is 10.0 Å². The fourth-order valence-corrected chi connectivity index (χ4v) is 5.65. The van der Waals surface area contributed by atoms with Crippen molar-refractivity contribution in [2.45, 2.75) is 23.2 Å². The van der Waals surface area contributed by atoms with Crippen molar-refractivity contribution < 1.29 is 27.9 Å². The molecule has 0 radical (unpaired) electrons. The Morgan fingerprint density at radius 3 is 2.63 bits per heavy atom. The first kappa shape index (κ1) is 24.5. The fraction of sp³-hybridized carbons (Fsp3) is 0.136. The molecular weight excluding hydrogens is 497 g/mol. The number of benzene rings is 2. The van der Waals surface area contributed by atoms with Gasteiger partial charge in [0.05, 0.1) is 18.4 Å². The van der Waals surface area contributed by atoms with Gasteiger partial charge >= 0.3 is 0 Å².